The van der Waals surface area contributed by atoms with Crippen LogP contribution in [0.3, 0.4) is 0 Å². The first-order chi connectivity index (χ1) is 8.72. The van der Waals surface area contributed by atoms with Crippen molar-refractivity contribution >= 4 is 15.9 Å². The van der Waals surface area contributed by atoms with Crippen molar-refractivity contribution in [3.05, 3.63) is 70.7 Å². The van der Waals surface area contributed by atoms with Crippen molar-refractivity contribution in [2.45, 2.75) is 19.4 Å². The molecule has 0 saturated carbocycles. The van der Waals surface area contributed by atoms with E-state index in [4.69, 9.17) is 0 Å². The second-order valence-electron chi connectivity index (χ2n) is 4.10. The Bertz CT molecular complexity index is 414. The molecule has 1 nitrogen and oxygen atoms in total. The largest absolute Gasteiger partial charge is 0.317 e. The van der Waals surface area contributed by atoms with E-state index in [1.165, 1.54) is 5.56 Å². The molecule has 0 heterocycles. The van der Waals surface area contributed by atoms with Gasteiger partial charge < -0.3 is 5.32 Å². The van der Waals surface area contributed by atoms with Crippen LogP contribution in [-0.4, -0.2) is 13.1 Å². The molecule has 0 amide bonds. The molecule has 2 aromatic rings. The molecular weight excluding hydrogens is 286 g/mol. The predicted molar refractivity (Wildman–Crippen MR) is 81.6 cm³/mol. The molecule has 2 aromatic carbocycles. The first-order valence-electron chi connectivity index (χ1n) is 6.05. The molecule has 1 radical (unpaired) electrons. The summed E-state index contributed by atoms with van der Waals surface area (Å²) >= 11 is 3.28. The quantitative estimate of drug-likeness (QED) is 0.901. The van der Waals surface area contributed by atoms with Gasteiger partial charge in [-0.1, -0.05) is 58.4 Å². The predicted octanol–water partition coefficient (Wildman–Crippen LogP) is 4.09. The summed E-state index contributed by atoms with van der Waals surface area (Å²) in [5.74, 6) is 0. The lowest BCUT2D eigenvalue weighted by Gasteiger charge is -2.08. The lowest BCUT2D eigenvalue weighted by Crippen LogP contribution is -2.23. The van der Waals surface area contributed by atoms with Crippen LogP contribution in [0.5, 0.6) is 0 Å². The van der Waals surface area contributed by atoms with Crippen LogP contribution in [0.1, 0.15) is 12.5 Å². The van der Waals surface area contributed by atoms with Crippen molar-refractivity contribution in [2.24, 2.45) is 0 Å². The van der Waals surface area contributed by atoms with Crippen LogP contribution >= 0.6 is 15.9 Å². The van der Waals surface area contributed by atoms with Crippen molar-refractivity contribution in [3.8, 4) is 0 Å². The van der Waals surface area contributed by atoms with E-state index < -0.39 is 0 Å². The molecule has 0 spiro atoms. The number of rotatable bonds is 3. The SMILES string of the molecule is Brc1c[c]ccc1.CN[C@@H](C)Cc1ccccc1. The van der Waals surface area contributed by atoms with Crippen LogP contribution in [0, 0.1) is 6.07 Å². The molecule has 95 valence electrons. The summed E-state index contributed by atoms with van der Waals surface area (Å²) in [6.45, 7) is 2.19. The lowest BCUT2D eigenvalue weighted by molar-refractivity contribution is 0.608. The average molecular weight is 305 g/mol. The Morgan fingerprint density at radius 1 is 1.17 bits per heavy atom. The van der Waals surface area contributed by atoms with Crippen LogP contribution in [0.2, 0.25) is 0 Å². The van der Waals surface area contributed by atoms with Crippen molar-refractivity contribution < 1.29 is 0 Å². The molecule has 1 N–H and O–H groups in total. The van der Waals surface area contributed by atoms with Gasteiger partial charge in [0.15, 0.2) is 0 Å². The fourth-order valence-corrected chi connectivity index (χ4v) is 1.73. The highest BCUT2D eigenvalue weighted by Crippen LogP contribution is 2.04. The van der Waals surface area contributed by atoms with E-state index in [-0.39, 0.29) is 0 Å². The molecule has 0 aliphatic rings. The van der Waals surface area contributed by atoms with Crippen molar-refractivity contribution in [3.63, 3.8) is 0 Å². The van der Waals surface area contributed by atoms with Crippen LogP contribution in [0.15, 0.2) is 59.1 Å². The summed E-state index contributed by atoms with van der Waals surface area (Å²) in [4.78, 5) is 0. The van der Waals surface area contributed by atoms with Crippen LogP contribution in [0.4, 0.5) is 0 Å². The summed E-state index contributed by atoms with van der Waals surface area (Å²) in [7, 11) is 1.99. The van der Waals surface area contributed by atoms with Crippen LogP contribution < -0.4 is 5.32 Å². The van der Waals surface area contributed by atoms with Gasteiger partial charge >= 0.3 is 0 Å². The Morgan fingerprint density at radius 3 is 2.33 bits per heavy atom. The van der Waals surface area contributed by atoms with Gasteiger partial charge in [0.2, 0.25) is 0 Å². The third-order valence-corrected chi connectivity index (χ3v) is 3.04. The minimum absolute atomic E-state index is 0.567. The standard InChI is InChI=1S/C10H15N.C6H4Br/c1-9(11-2)8-10-6-4-3-5-7-10;7-6-4-2-1-3-5-6/h3-7,9,11H,8H2,1-2H3;1-2,4-5H/t9-;/m0./s1. The minimum atomic E-state index is 0.567. The molecule has 0 aliphatic carbocycles. The van der Waals surface area contributed by atoms with E-state index in [1.807, 2.05) is 37.4 Å². The summed E-state index contributed by atoms with van der Waals surface area (Å²) in [5, 5.41) is 3.21. The van der Waals surface area contributed by atoms with Crippen LogP contribution in [-0.2, 0) is 6.42 Å². The third kappa shape index (κ3) is 6.58. The van der Waals surface area contributed by atoms with Crippen molar-refractivity contribution in [1.82, 2.24) is 5.32 Å². The number of nitrogens with one attached hydrogen (secondary N) is 1. The van der Waals surface area contributed by atoms with E-state index in [0.717, 1.165) is 10.9 Å². The number of likely N-dealkylation sites (N-methyl/N-ethyl adjacent to an activating group) is 1. The van der Waals surface area contributed by atoms with Gasteiger partial charge in [-0.3, -0.25) is 0 Å². The zero-order chi connectivity index (χ0) is 13.2. The maximum absolute atomic E-state index is 3.28. The molecule has 2 rings (SSSR count). The van der Waals surface area contributed by atoms with E-state index in [9.17, 15) is 0 Å². The fourth-order valence-electron chi connectivity index (χ4n) is 1.44. The van der Waals surface area contributed by atoms with Gasteiger partial charge in [-0.15, -0.1) is 0 Å². The minimum Gasteiger partial charge on any atom is -0.317 e. The topological polar surface area (TPSA) is 12.0 Å². The Hall–Kier alpha value is -1.12. The zero-order valence-corrected chi connectivity index (χ0v) is 12.4. The van der Waals surface area contributed by atoms with E-state index >= 15 is 0 Å². The van der Waals surface area contributed by atoms with Crippen LogP contribution in [0.25, 0.3) is 0 Å². The lowest BCUT2D eigenvalue weighted by atomic mass is 10.1. The maximum Gasteiger partial charge on any atom is 0.0181 e. The number of benzene rings is 2. The molecule has 2 heteroatoms. The Kier molecular flexibility index (Phi) is 7.38. The summed E-state index contributed by atoms with van der Waals surface area (Å²) in [5.41, 5.74) is 1.40. The summed E-state index contributed by atoms with van der Waals surface area (Å²) in [6, 6.07) is 21.7. The molecule has 1 atom stereocenters. The number of hydrogen-bond acceptors (Lipinski definition) is 1. The summed E-state index contributed by atoms with van der Waals surface area (Å²) < 4.78 is 1.08. The highest BCUT2D eigenvalue weighted by atomic mass is 79.9. The van der Waals surface area contributed by atoms with Gasteiger partial charge in [0.25, 0.3) is 0 Å². The fraction of sp³-hybridized carbons (Fsp3) is 0.250. The van der Waals surface area contributed by atoms with Gasteiger partial charge in [0.1, 0.15) is 0 Å². The first-order valence-corrected chi connectivity index (χ1v) is 6.84. The molecule has 0 fully saturated rings. The Balaban J connectivity index is 0.000000199. The van der Waals surface area contributed by atoms with Gasteiger partial charge in [-0.2, -0.15) is 0 Å². The first kappa shape index (κ1) is 14.9. The molecule has 18 heavy (non-hydrogen) atoms. The van der Waals surface area contributed by atoms with Gasteiger partial charge in [-0.25, -0.2) is 0 Å². The zero-order valence-electron chi connectivity index (χ0n) is 10.9. The smallest absolute Gasteiger partial charge is 0.0181 e. The highest BCUT2D eigenvalue weighted by molar-refractivity contribution is 9.10. The number of hydrogen-bond donors (Lipinski definition) is 1. The highest BCUT2D eigenvalue weighted by Gasteiger charge is 1.97. The average Bonchev–Trinajstić information content (AvgIpc) is 2.41. The van der Waals surface area contributed by atoms with Gasteiger partial charge in [0.05, 0.1) is 0 Å². The monoisotopic (exact) mass is 304 g/mol. The second-order valence-corrected chi connectivity index (χ2v) is 5.02. The van der Waals surface area contributed by atoms with Crippen molar-refractivity contribution in [2.75, 3.05) is 7.05 Å². The van der Waals surface area contributed by atoms with Gasteiger partial charge in [0, 0.05) is 10.5 Å². The normalized spacial score (nSPS) is 11.3. The van der Waals surface area contributed by atoms with E-state index in [1.54, 1.807) is 0 Å². The molecule has 0 unspecified atom stereocenters. The van der Waals surface area contributed by atoms with Gasteiger partial charge in [-0.05, 0) is 44.2 Å². The molecule has 0 aromatic heterocycles. The molecule has 0 aliphatic heterocycles. The summed E-state index contributed by atoms with van der Waals surface area (Å²) in [6.07, 6.45) is 1.11. The second kappa shape index (κ2) is 8.90. The van der Waals surface area contributed by atoms with E-state index in [0.29, 0.717) is 6.04 Å². The Labute approximate surface area is 118 Å². The van der Waals surface area contributed by atoms with Crippen molar-refractivity contribution in [1.29, 1.82) is 0 Å². The third-order valence-electron chi connectivity index (χ3n) is 2.55. The Morgan fingerprint density at radius 2 is 1.89 bits per heavy atom. The van der Waals surface area contributed by atoms with E-state index in [2.05, 4.69) is 58.5 Å². The maximum atomic E-state index is 3.28. The molecular formula is C16H19BrN. The number of halogens is 1. The molecule has 0 bridgehead atoms. The molecule has 0 saturated heterocycles.